The molecule has 1 aliphatic carbocycles. The van der Waals surface area contributed by atoms with Gasteiger partial charge in [0.1, 0.15) is 0 Å². The lowest BCUT2D eigenvalue weighted by atomic mass is 10.2. The van der Waals surface area contributed by atoms with Gasteiger partial charge in [0.05, 0.1) is 16.6 Å². The number of halogens is 1. The molecule has 0 saturated heterocycles. The van der Waals surface area contributed by atoms with Crippen LogP contribution in [-0.2, 0) is 10.0 Å². The van der Waals surface area contributed by atoms with Gasteiger partial charge in [-0.05, 0) is 37.5 Å². The van der Waals surface area contributed by atoms with Gasteiger partial charge in [-0.15, -0.1) is 0 Å². The van der Waals surface area contributed by atoms with Crippen molar-refractivity contribution in [3.63, 3.8) is 0 Å². The minimum Gasteiger partial charge on any atom is -0.397 e. The maximum absolute atomic E-state index is 11.8. The number of nitrogen functional groups attached to an aromatic ring is 1. The zero-order valence-corrected chi connectivity index (χ0v) is 11.2. The molecular formula is C10H13BrN2O2S. The van der Waals surface area contributed by atoms with Crippen LogP contribution in [0.3, 0.4) is 0 Å². The highest BCUT2D eigenvalue weighted by Gasteiger charge is 2.36. The maximum atomic E-state index is 11.8. The average Bonchev–Trinajstić information content (AvgIpc) is 2.94. The van der Waals surface area contributed by atoms with Crippen molar-refractivity contribution in [2.45, 2.75) is 25.0 Å². The van der Waals surface area contributed by atoms with Crippen LogP contribution in [0.25, 0.3) is 0 Å². The first-order valence-corrected chi connectivity index (χ1v) is 7.31. The number of nitrogens with one attached hydrogen (secondary N) is 1. The number of sulfonamides is 1. The zero-order chi connectivity index (χ0) is 11.9. The van der Waals surface area contributed by atoms with Crippen LogP contribution in [-0.4, -0.2) is 13.7 Å². The monoisotopic (exact) mass is 304 g/mol. The number of hydrogen-bond donors (Lipinski definition) is 2. The second-order valence-corrected chi connectivity index (χ2v) is 6.91. The van der Waals surface area contributed by atoms with Crippen LogP contribution in [0.15, 0.2) is 16.6 Å². The van der Waals surface area contributed by atoms with Crippen molar-refractivity contribution in [1.29, 1.82) is 0 Å². The summed E-state index contributed by atoms with van der Waals surface area (Å²) in [5, 5.41) is -0.241. The average molecular weight is 305 g/mol. The summed E-state index contributed by atoms with van der Waals surface area (Å²) in [5.74, 6) is 0. The summed E-state index contributed by atoms with van der Waals surface area (Å²) in [7, 11) is -3.24. The van der Waals surface area contributed by atoms with Gasteiger partial charge in [-0.25, -0.2) is 8.42 Å². The van der Waals surface area contributed by atoms with Crippen LogP contribution in [0.5, 0.6) is 0 Å². The molecule has 4 nitrogen and oxygen atoms in total. The molecular weight excluding hydrogens is 292 g/mol. The van der Waals surface area contributed by atoms with Gasteiger partial charge in [0.2, 0.25) is 10.0 Å². The molecule has 0 aliphatic heterocycles. The van der Waals surface area contributed by atoms with Gasteiger partial charge < -0.3 is 5.73 Å². The molecule has 2 rings (SSSR count). The van der Waals surface area contributed by atoms with E-state index in [1.165, 1.54) is 0 Å². The first-order chi connectivity index (χ1) is 7.40. The van der Waals surface area contributed by atoms with E-state index in [1.54, 1.807) is 6.07 Å². The van der Waals surface area contributed by atoms with E-state index in [0.29, 0.717) is 11.4 Å². The van der Waals surface area contributed by atoms with E-state index in [4.69, 9.17) is 5.73 Å². The molecule has 3 N–H and O–H groups in total. The predicted molar refractivity (Wildman–Crippen MR) is 68.9 cm³/mol. The molecule has 1 aromatic carbocycles. The number of benzene rings is 1. The van der Waals surface area contributed by atoms with E-state index in [1.807, 2.05) is 13.0 Å². The quantitative estimate of drug-likeness (QED) is 0.841. The van der Waals surface area contributed by atoms with Crippen LogP contribution >= 0.6 is 15.9 Å². The first kappa shape index (κ1) is 11.7. The van der Waals surface area contributed by atoms with E-state index in [-0.39, 0.29) is 5.25 Å². The number of rotatable bonds is 3. The van der Waals surface area contributed by atoms with E-state index in [0.717, 1.165) is 22.9 Å². The number of hydrogen-bond acceptors (Lipinski definition) is 3. The molecule has 88 valence electrons. The standard InChI is InChI=1S/C10H13BrN2O2S/c1-6-4-7(11)5-9(12)10(6)13-16(14,15)8-2-3-8/h4-5,8,13H,2-3,12H2,1H3. The van der Waals surface area contributed by atoms with Crippen LogP contribution in [0.4, 0.5) is 11.4 Å². The van der Waals surface area contributed by atoms with Crippen molar-refractivity contribution in [1.82, 2.24) is 0 Å². The van der Waals surface area contributed by atoms with E-state index in [2.05, 4.69) is 20.7 Å². The van der Waals surface area contributed by atoms with Crippen molar-refractivity contribution in [3.05, 3.63) is 22.2 Å². The minimum absolute atomic E-state index is 0.241. The van der Waals surface area contributed by atoms with Gasteiger partial charge in [0, 0.05) is 4.47 Å². The molecule has 0 atom stereocenters. The van der Waals surface area contributed by atoms with Crippen LogP contribution in [0.2, 0.25) is 0 Å². The third-order valence-corrected chi connectivity index (χ3v) is 4.83. The van der Waals surface area contributed by atoms with Gasteiger partial charge in [-0.3, -0.25) is 4.72 Å². The predicted octanol–water partition coefficient (Wildman–Crippen LogP) is 2.24. The first-order valence-electron chi connectivity index (χ1n) is 4.97. The molecule has 1 aromatic rings. The van der Waals surface area contributed by atoms with Crippen LogP contribution in [0, 0.1) is 6.92 Å². The molecule has 0 radical (unpaired) electrons. The van der Waals surface area contributed by atoms with E-state index >= 15 is 0 Å². The Morgan fingerprint density at radius 2 is 2.06 bits per heavy atom. The highest BCUT2D eigenvalue weighted by atomic mass is 79.9. The molecule has 1 fully saturated rings. The SMILES string of the molecule is Cc1cc(Br)cc(N)c1NS(=O)(=O)C1CC1. The second kappa shape index (κ2) is 3.92. The molecule has 0 amide bonds. The Morgan fingerprint density at radius 1 is 1.44 bits per heavy atom. The van der Waals surface area contributed by atoms with Crippen molar-refractivity contribution < 1.29 is 8.42 Å². The van der Waals surface area contributed by atoms with Gasteiger partial charge in [0.25, 0.3) is 0 Å². The Morgan fingerprint density at radius 3 is 2.56 bits per heavy atom. The fourth-order valence-electron chi connectivity index (χ4n) is 1.51. The molecule has 1 saturated carbocycles. The van der Waals surface area contributed by atoms with Crippen molar-refractivity contribution in [2.24, 2.45) is 0 Å². The third-order valence-electron chi connectivity index (χ3n) is 2.54. The molecule has 6 heteroatoms. The topological polar surface area (TPSA) is 72.2 Å². The van der Waals surface area contributed by atoms with Crippen molar-refractivity contribution >= 4 is 37.3 Å². The van der Waals surface area contributed by atoms with Gasteiger partial charge >= 0.3 is 0 Å². The molecule has 0 bridgehead atoms. The Bertz CT molecular complexity index is 501. The molecule has 16 heavy (non-hydrogen) atoms. The van der Waals surface area contributed by atoms with Crippen molar-refractivity contribution in [3.8, 4) is 0 Å². The third kappa shape index (κ3) is 2.32. The van der Waals surface area contributed by atoms with Gasteiger partial charge in [0.15, 0.2) is 0 Å². The highest BCUT2D eigenvalue weighted by molar-refractivity contribution is 9.10. The zero-order valence-electron chi connectivity index (χ0n) is 8.83. The van der Waals surface area contributed by atoms with Crippen molar-refractivity contribution in [2.75, 3.05) is 10.5 Å². The van der Waals surface area contributed by atoms with Gasteiger partial charge in [-0.2, -0.15) is 0 Å². The van der Waals surface area contributed by atoms with Crippen LogP contribution in [0.1, 0.15) is 18.4 Å². The molecule has 0 spiro atoms. The summed E-state index contributed by atoms with van der Waals surface area (Å²) < 4.78 is 27.0. The second-order valence-electron chi connectivity index (χ2n) is 4.03. The lowest BCUT2D eigenvalue weighted by molar-refractivity contribution is 0.600. The lowest BCUT2D eigenvalue weighted by Gasteiger charge is -2.13. The molecule has 0 unspecified atom stereocenters. The summed E-state index contributed by atoms with van der Waals surface area (Å²) in [4.78, 5) is 0. The summed E-state index contributed by atoms with van der Waals surface area (Å²) in [5.41, 5.74) is 7.55. The highest BCUT2D eigenvalue weighted by Crippen LogP contribution is 2.33. The molecule has 0 aromatic heterocycles. The Labute approximate surface area is 103 Å². The summed E-state index contributed by atoms with van der Waals surface area (Å²) in [6.07, 6.45) is 1.48. The summed E-state index contributed by atoms with van der Waals surface area (Å²) >= 11 is 3.31. The van der Waals surface area contributed by atoms with E-state index < -0.39 is 10.0 Å². The lowest BCUT2D eigenvalue weighted by Crippen LogP contribution is -2.19. The Hall–Kier alpha value is -0.750. The maximum Gasteiger partial charge on any atom is 0.235 e. The minimum atomic E-state index is -3.24. The number of aryl methyl sites for hydroxylation is 1. The number of anilines is 2. The largest absolute Gasteiger partial charge is 0.397 e. The van der Waals surface area contributed by atoms with Gasteiger partial charge in [-0.1, -0.05) is 15.9 Å². The number of nitrogens with two attached hydrogens (primary N) is 1. The Balaban J connectivity index is 2.34. The summed E-state index contributed by atoms with van der Waals surface area (Å²) in [6, 6.07) is 3.53. The Kier molecular flexibility index (Phi) is 2.88. The van der Waals surface area contributed by atoms with Crippen LogP contribution < -0.4 is 10.5 Å². The summed E-state index contributed by atoms with van der Waals surface area (Å²) in [6.45, 7) is 1.83. The molecule has 1 aliphatic rings. The fraction of sp³-hybridized carbons (Fsp3) is 0.400. The molecule has 0 heterocycles. The fourth-order valence-corrected chi connectivity index (χ4v) is 3.59. The van der Waals surface area contributed by atoms with E-state index in [9.17, 15) is 8.42 Å². The smallest absolute Gasteiger partial charge is 0.235 e. The normalized spacial score (nSPS) is 16.1.